The number of imide groups is 1. The molecule has 0 saturated heterocycles. The Bertz CT molecular complexity index is 308. The van der Waals surface area contributed by atoms with Crippen molar-refractivity contribution in [2.45, 2.75) is 13.8 Å². The predicted molar refractivity (Wildman–Crippen MR) is 48.1 cm³/mol. The molecule has 0 aliphatic heterocycles. The monoisotopic (exact) mass is 178 g/mol. The molecule has 4 nitrogen and oxygen atoms in total. The van der Waals surface area contributed by atoms with Gasteiger partial charge >= 0.3 is 0 Å². The number of amides is 2. The third-order valence-corrected chi connectivity index (χ3v) is 1.51. The van der Waals surface area contributed by atoms with Crippen LogP contribution in [0.1, 0.15) is 13.8 Å². The predicted octanol–water partition coefficient (Wildman–Crippen LogP) is 0.981. The second-order valence-electron chi connectivity index (χ2n) is 2.56. The number of nitrogens with zero attached hydrogens (tertiary/aromatic N) is 2. The summed E-state index contributed by atoms with van der Waals surface area (Å²) in [5.74, 6) is -0.292. The molecule has 0 atom stereocenters. The third-order valence-electron chi connectivity index (χ3n) is 1.51. The molecule has 1 heterocycles. The normalized spacial score (nSPS) is 9.38. The third kappa shape index (κ3) is 2.11. The molecule has 0 saturated carbocycles. The van der Waals surface area contributed by atoms with Crippen LogP contribution in [-0.2, 0) is 9.59 Å². The van der Waals surface area contributed by atoms with Gasteiger partial charge in [-0.15, -0.1) is 0 Å². The number of hydrogen-bond acceptors (Lipinski definition) is 3. The average molecular weight is 178 g/mol. The number of aromatic nitrogens is 1. The summed E-state index contributed by atoms with van der Waals surface area (Å²) in [5, 5.41) is 0. The Kier molecular flexibility index (Phi) is 2.74. The molecule has 2 amide bonds. The van der Waals surface area contributed by atoms with Crippen LogP contribution in [0.3, 0.4) is 0 Å². The average Bonchev–Trinajstić information content (AvgIpc) is 2.04. The number of rotatable bonds is 1. The highest BCUT2D eigenvalue weighted by Crippen LogP contribution is 2.09. The minimum atomic E-state index is -0.328. The Hall–Kier alpha value is -1.71. The molecule has 1 aromatic rings. The highest BCUT2D eigenvalue weighted by molar-refractivity contribution is 6.12. The Morgan fingerprint density at radius 3 is 2.23 bits per heavy atom. The fraction of sp³-hybridized carbons (Fsp3) is 0.222. The molecule has 1 aromatic heterocycles. The molecule has 0 radical (unpaired) electrons. The van der Waals surface area contributed by atoms with Crippen LogP contribution in [-0.4, -0.2) is 16.8 Å². The van der Waals surface area contributed by atoms with E-state index in [-0.39, 0.29) is 11.8 Å². The second-order valence-corrected chi connectivity index (χ2v) is 2.56. The lowest BCUT2D eigenvalue weighted by molar-refractivity contribution is -0.124. The van der Waals surface area contributed by atoms with Crippen molar-refractivity contribution < 1.29 is 9.59 Å². The molecular formula is C9H10N2O2. The van der Waals surface area contributed by atoms with Crippen LogP contribution in [0, 0.1) is 0 Å². The first-order chi connectivity index (χ1) is 6.13. The summed E-state index contributed by atoms with van der Waals surface area (Å²) in [6.45, 7) is 2.66. The molecule has 0 aliphatic rings. The highest BCUT2D eigenvalue weighted by atomic mass is 16.2. The van der Waals surface area contributed by atoms with E-state index in [9.17, 15) is 9.59 Å². The standard InChI is InChI=1S/C9H10N2O2/c1-7(12)11(8(2)13)9-5-3-4-6-10-9/h3-6H,1-2H3. The maximum Gasteiger partial charge on any atom is 0.231 e. The molecule has 0 aliphatic carbocycles. The Morgan fingerprint density at radius 2 is 1.85 bits per heavy atom. The van der Waals surface area contributed by atoms with E-state index in [0.29, 0.717) is 5.82 Å². The lowest BCUT2D eigenvalue weighted by atomic mass is 10.4. The topological polar surface area (TPSA) is 50.3 Å². The van der Waals surface area contributed by atoms with Crippen LogP contribution in [0.25, 0.3) is 0 Å². The van der Waals surface area contributed by atoms with Crippen molar-refractivity contribution in [2.75, 3.05) is 4.90 Å². The lowest BCUT2D eigenvalue weighted by Crippen LogP contribution is -2.33. The number of anilines is 1. The lowest BCUT2D eigenvalue weighted by Gasteiger charge is -2.14. The molecule has 0 N–H and O–H groups in total. The van der Waals surface area contributed by atoms with Crippen molar-refractivity contribution in [3.8, 4) is 0 Å². The summed E-state index contributed by atoms with van der Waals surface area (Å²) in [4.78, 5) is 27.0. The molecular weight excluding hydrogens is 168 g/mol. The fourth-order valence-corrected chi connectivity index (χ4v) is 1.03. The van der Waals surface area contributed by atoms with Crippen LogP contribution in [0.4, 0.5) is 5.82 Å². The number of carbonyl (C=O) groups is 2. The molecule has 0 aromatic carbocycles. The van der Waals surface area contributed by atoms with Crippen molar-refractivity contribution in [3.63, 3.8) is 0 Å². The zero-order valence-corrected chi connectivity index (χ0v) is 7.52. The van der Waals surface area contributed by atoms with Gasteiger partial charge in [0.2, 0.25) is 11.8 Å². The largest absolute Gasteiger partial charge is 0.274 e. The minimum Gasteiger partial charge on any atom is -0.274 e. The van der Waals surface area contributed by atoms with Gasteiger partial charge in [-0.25, -0.2) is 9.88 Å². The van der Waals surface area contributed by atoms with E-state index in [1.165, 1.54) is 20.0 Å². The van der Waals surface area contributed by atoms with E-state index in [1.807, 2.05) is 0 Å². The van der Waals surface area contributed by atoms with Crippen molar-refractivity contribution in [2.24, 2.45) is 0 Å². The molecule has 0 bridgehead atoms. The molecule has 0 fully saturated rings. The Labute approximate surface area is 76.2 Å². The van der Waals surface area contributed by atoms with Crippen molar-refractivity contribution in [1.29, 1.82) is 0 Å². The molecule has 0 unspecified atom stereocenters. The summed E-state index contributed by atoms with van der Waals surface area (Å²) in [7, 11) is 0. The smallest absolute Gasteiger partial charge is 0.231 e. The Morgan fingerprint density at radius 1 is 1.23 bits per heavy atom. The molecule has 13 heavy (non-hydrogen) atoms. The molecule has 0 spiro atoms. The number of pyridine rings is 1. The summed E-state index contributed by atoms with van der Waals surface area (Å²) in [6.07, 6.45) is 1.54. The van der Waals surface area contributed by atoms with E-state index in [2.05, 4.69) is 4.98 Å². The van der Waals surface area contributed by atoms with Gasteiger partial charge in [-0.05, 0) is 12.1 Å². The van der Waals surface area contributed by atoms with Crippen molar-refractivity contribution >= 4 is 17.6 Å². The van der Waals surface area contributed by atoms with E-state index in [1.54, 1.807) is 18.2 Å². The molecule has 68 valence electrons. The quantitative estimate of drug-likeness (QED) is 0.644. The van der Waals surface area contributed by atoms with Gasteiger partial charge in [0.1, 0.15) is 5.82 Å². The zero-order chi connectivity index (χ0) is 9.84. The van der Waals surface area contributed by atoms with Gasteiger partial charge in [0.05, 0.1) is 0 Å². The maximum absolute atomic E-state index is 11.1. The van der Waals surface area contributed by atoms with Gasteiger partial charge < -0.3 is 0 Å². The van der Waals surface area contributed by atoms with Gasteiger partial charge in [-0.2, -0.15) is 0 Å². The first-order valence-corrected chi connectivity index (χ1v) is 3.85. The first-order valence-electron chi connectivity index (χ1n) is 3.85. The van der Waals surface area contributed by atoms with Gasteiger partial charge in [0.15, 0.2) is 0 Å². The number of hydrogen-bond donors (Lipinski definition) is 0. The SMILES string of the molecule is CC(=O)N(C(C)=O)c1ccccn1. The van der Waals surface area contributed by atoms with Crippen LogP contribution in [0.15, 0.2) is 24.4 Å². The summed E-state index contributed by atoms with van der Waals surface area (Å²) in [5.41, 5.74) is 0. The van der Waals surface area contributed by atoms with Crippen molar-refractivity contribution in [3.05, 3.63) is 24.4 Å². The van der Waals surface area contributed by atoms with Crippen LogP contribution in [0.2, 0.25) is 0 Å². The van der Waals surface area contributed by atoms with E-state index < -0.39 is 0 Å². The Balaban J connectivity index is 3.03. The zero-order valence-electron chi connectivity index (χ0n) is 7.52. The fourth-order valence-electron chi connectivity index (χ4n) is 1.03. The highest BCUT2D eigenvalue weighted by Gasteiger charge is 2.16. The van der Waals surface area contributed by atoms with Gasteiger partial charge in [-0.1, -0.05) is 6.07 Å². The van der Waals surface area contributed by atoms with E-state index >= 15 is 0 Å². The first kappa shape index (κ1) is 9.38. The van der Waals surface area contributed by atoms with Crippen LogP contribution >= 0.6 is 0 Å². The second kappa shape index (κ2) is 3.80. The molecule has 1 rings (SSSR count). The van der Waals surface area contributed by atoms with Crippen LogP contribution in [0.5, 0.6) is 0 Å². The minimum absolute atomic E-state index is 0.328. The summed E-state index contributed by atoms with van der Waals surface area (Å²) < 4.78 is 0. The summed E-state index contributed by atoms with van der Waals surface area (Å²) in [6, 6.07) is 5.06. The van der Waals surface area contributed by atoms with E-state index in [4.69, 9.17) is 0 Å². The summed E-state index contributed by atoms with van der Waals surface area (Å²) >= 11 is 0. The number of carbonyl (C=O) groups excluding carboxylic acids is 2. The maximum atomic E-state index is 11.1. The van der Waals surface area contributed by atoms with Gasteiger partial charge in [0.25, 0.3) is 0 Å². The van der Waals surface area contributed by atoms with Crippen LogP contribution < -0.4 is 4.90 Å². The van der Waals surface area contributed by atoms with Gasteiger partial charge in [0, 0.05) is 20.0 Å². The molecule has 4 heteroatoms. The van der Waals surface area contributed by atoms with Gasteiger partial charge in [-0.3, -0.25) is 9.59 Å². The van der Waals surface area contributed by atoms with Crippen molar-refractivity contribution in [1.82, 2.24) is 4.98 Å². The van der Waals surface area contributed by atoms with E-state index in [0.717, 1.165) is 4.90 Å².